The van der Waals surface area contributed by atoms with Crippen molar-refractivity contribution in [3.8, 4) is 0 Å². The molecule has 3 rings (SSSR count). The van der Waals surface area contributed by atoms with Crippen LogP contribution in [0, 0.1) is 11.6 Å². The van der Waals surface area contributed by atoms with E-state index < -0.39 is 11.6 Å². The van der Waals surface area contributed by atoms with Gasteiger partial charge in [-0.05, 0) is 42.3 Å². The molecule has 0 saturated carbocycles. The lowest BCUT2D eigenvalue weighted by Crippen LogP contribution is -2.03. The molecular formula is C17H12ClF2NO. The third-order valence-electron chi connectivity index (χ3n) is 3.51. The number of hydrogen-bond acceptors (Lipinski definition) is 1. The highest BCUT2D eigenvalue weighted by molar-refractivity contribution is 6.35. The molecule has 22 heavy (non-hydrogen) atoms. The van der Waals surface area contributed by atoms with Crippen molar-refractivity contribution in [2.45, 2.75) is 6.42 Å². The van der Waals surface area contributed by atoms with Crippen LogP contribution in [0.3, 0.4) is 0 Å². The Morgan fingerprint density at radius 1 is 1.14 bits per heavy atom. The Balaban J connectivity index is 2.07. The fourth-order valence-electron chi connectivity index (χ4n) is 2.42. The van der Waals surface area contributed by atoms with Gasteiger partial charge in [-0.1, -0.05) is 6.07 Å². The van der Waals surface area contributed by atoms with E-state index in [4.69, 9.17) is 11.6 Å². The topological polar surface area (TPSA) is 29.1 Å². The highest BCUT2D eigenvalue weighted by atomic mass is 35.5. The van der Waals surface area contributed by atoms with Crippen LogP contribution in [0.15, 0.2) is 36.4 Å². The lowest BCUT2D eigenvalue weighted by atomic mass is 10.0. The third kappa shape index (κ3) is 2.74. The Kier molecular flexibility index (Phi) is 3.94. The van der Waals surface area contributed by atoms with E-state index in [1.807, 2.05) is 12.1 Å². The Hall–Kier alpha value is -2.20. The SMILES string of the molecule is O=C1Nc2ccc(CCCl)cc2C1=Cc1ccc(F)cc1F. The molecule has 0 fully saturated rings. The number of nitrogens with one attached hydrogen (secondary N) is 1. The van der Waals surface area contributed by atoms with Crippen molar-refractivity contribution in [1.82, 2.24) is 0 Å². The number of alkyl halides is 1. The van der Waals surface area contributed by atoms with E-state index in [2.05, 4.69) is 5.32 Å². The van der Waals surface area contributed by atoms with Crippen LogP contribution in [0.1, 0.15) is 16.7 Å². The Morgan fingerprint density at radius 2 is 1.95 bits per heavy atom. The fourth-order valence-corrected chi connectivity index (χ4v) is 2.64. The van der Waals surface area contributed by atoms with E-state index in [9.17, 15) is 13.6 Å². The lowest BCUT2D eigenvalue weighted by molar-refractivity contribution is -0.110. The molecule has 112 valence electrons. The molecule has 2 nitrogen and oxygen atoms in total. The second-order valence-electron chi connectivity index (χ2n) is 5.00. The molecule has 0 aromatic heterocycles. The number of benzene rings is 2. The maximum absolute atomic E-state index is 13.8. The highest BCUT2D eigenvalue weighted by Gasteiger charge is 2.24. The number of amides is 1. The first-order valence-corrected chi connectivity index (χ1v) is 7.29. The Labute approximate surface area is 131 Å². The summed E-state index contributed by atoms with van der Waals surface area (Å²) in [5, 5.41) is 2.73. The van der Waals surface area contributed by atoms with Crippen LogP contribution in [0.5, 0.6) is 0 Å². The van der Waals surface area contributed by atoms with E-state index in [0.29, 0.717) is 29.1 Å². The smallest absolute Gasteiger partial charge is 0.256 e. The number of hydrogen-bond donors (Lipinski definition) is 1. The van der Waals surface area contributed by atoms with Gasteiger partial charge >= 0.3 is 0 Å². The fraction of sp³-hybridized carbons (Fsp3) is 0.118. The quantitative estimate of drug-likeness (QED) is 0.665. The Morgan fingerprint density at radius 3 is 2.68 bits per heavy atom. The molecule has 2 aromatic rings. The van der Waals surface area contributed by atoms with Gasteiger partial charge in [-0.15, -0.1) is 11.6 Å². The summed E-state index contributed by atoms with van der Waals surface area (Å²) < 4.78 is 26.7. The van der Waals surface area contributed by atoms with Gasteiger partial charge in [-0.3, -0.25) is 4.79 Å². The first kappa shape index (κ1) is 14.7. The molecule has 0 spiro atoms. The van der Waals surface area contributed by atoms with Crippen LogP contribution in [-0.2, 0) is 11.2 Å². The maximum Gasteiger partial charge on any atom is 0.256 e. The number of halogens is 3. The minimum absolute atomic E-state index is 0.169. The summed E-state index contributed by atoms with van der Waals surface area (Å²) in [4.78, 5) is 12.1. The van der Waals surface area contributed by atoms with E-state index >= 15 is 0 Å². The van der Waals surface area contributed by atoms with Gasteiger partial charge in [0, 0.05) is 34.3 Å². The molecule has 1 amide bonds. The van der Waals surface area contributed by atoms with Gasteiger partial charge in [0.25, 0.3) is 5.91 Å². The summed E-state index contributed by atoms with van der Waals surface area (Å²) in [5.74, 6) is -1.18. The summed E-state index contributed by atoms with van der Waals surface area (Å²) in [5.41, 5.74) is 2.91. The molecular weight excluding hydrogens is 308 g/mol. The van der Waals surface area contributed by atoms with Crippen molar-refractivity contribution in [2.75, 3.05) is 11.2 Å². The first-order valence-electron chi connectivity index (χ1n) is 6.76. The number of aryl methyl sites for hydroxylation is 1. The predicted octanol–water partition coefficient (Wildman–Crippen LogP) is 4.24. The number of anilines is 1. The molecule has 0 saturated heterocycles. The molecule has 0 unspecified atom stereocenters. The van der Waals surface area contributed by atoms with Gasteiger partial charge in [0.15, 0.2) is 0 Å². The average Bonchev–Trinajstić information content (AvgIpc) is 2.78. The average molecular weight is 320 g/mol. The van der Waals surface area contributed by atoms with E-state index in [1.54, 1.807) is 6.07 Å². The van der Waals surface area contributed by atoms with Crippen LogP contribution in [-0.4, -0.2) is 11.8 Å². The first-order chi connectivity index (χ1) is 10.6. The normalized spacial score (nSPS) is 15.0. The molecule has 5 heteroatoms. The van der Waals surface area contributed by atoms with Crippen LogP contribution in [0.4, 0.5) is 14.5 Å². The van der Waals surface area contributed by atoms with Crippen molar-refractivity contribution in [2.24, 2.45) is 0 Å². The number of carbonyl (C=O) groups excluding carboxylic acids is 1. The molecule has 0 bridgehead atoms. The second-order valence-corrected chi connectivity index (χ2v) is 5.37. The minimum atomic E-state index is -0.703. The van der Waals surface area contributed by atoms with E-state index in [-0.39, 0.29) is 11.5 Å². The zero-order valence-corrected chi connectivity index (χ0v) is 12.3. The van der Waals surface area contributed by atoms with Crippen molar-refractivity contribution >= 4 is 34.8 Å². The lowest BCUT2D eigenvalue weighted by Gasteiger charge is -2.03. The number of rotatable bonds is 3. The van der Waals surface area contributed by atoms with Gasteiger partial charge < -0.3 is 5.32 Å². The zero-order valence-electron chi connectivity index (χ0n) is 11.5. The summed E-state index contributed by atoms with van der Waals surface area (Å²) in [6, 6.07) is 8.82. The van der Waals surface area contributed by atoms with Gasteiger partial charge in [0.05, 0.1) is 0 Å². The molecule has 2 aromatic carbocycles. The predicted molar refractivity (Wildman–Crippen MR) is 83.7 cm³/mol. The van der Waals surface area contributed by atoms with Gasteiger partial charge in [0.1, 0.15) is 11.6 Å². The van der Waals surface area contributed by atoms with Gasteiger partial charge in [-0.2, -0.15) is 0 Å². The number of fused-ring (bicyclic) bond motifs is 1. The van der Waals surface area contributed by atoms with Crippen molar-refractivity contribution in [3.05, 3.63) is 64.7 Å². The highest BCUT2D eigenvalue weighted by Crippen LogP contribution is 2.34. The van der Waals surface area contributed by atoms with Gasteiger partial charge in [-0.25, -0.2) is 8.78 Å². The molecule has 1 heterocycles. The summed E-state index contributed by atoms with van der Waals surface area (Å²) in [6.07, 6.45) is 2.11. The summed E-state index contributed by atoms with van der Waals surface area (Å²) in [6.45, 7) is 0. The maximum atomic E-state index is 13.8. The monoisotopic (exact) mass is 319 g/mol. The molecule has 1 N–H and O–H groups in total. The zero-order chi connectivity index (χ0) is 15.7. The largest absolute Gasteiger partial charge is 0.321 e. The molecule has 1 aliphatic heterocycles. The van der Waals surface area contributed by atoms with Crippen LogP contribution >= 0.6 is 11.6 Å². The molecule has 0 atom stereocenters. The third-order valence-corrected chi connectivity index (χ3v) is 3.70. The van der Waals surface area contributed by atoms with E-state index in [0.717, 1.165) is 17.7 Å². The van der Waals surface area contributed by atoms with Gasteiger partial charge in [0.2, 0.25) is 0 Å². The van der Waals surface area contributed by atoms with Crippen LogP contribution in [0.2, 0.25) is 0 Å². The van der Waals surface area contributed by atoms with Crippen LogP contribution in [0.25, 0.3) is 11.6 Å². The molecule has 1 aliphatic rings. The summed E-state index contributed by atoms with van der Waals surface area (Å²) in [7, 11) is 0. The van der Waals surface area contributed by atoms with Crippen molar-refractivity contribution in [1.29, 1.82) is 0 Å². The number of carbonyl (C=O) groups is 1. The van der Waals surface area contributed by atoms with Crippen molar-refractivity contribution < 1.29 is 13.6 Å². The standard InChI is InChI=1S/C17H12ClF2NO/c18-6-5-10-1-4-16-13(7-10)14(17(22)21-16)8-11-2-3-12(19)9-15(11)20/h1-4,7-9H,5-6H2,(H,21,22). The second kappa shape index (κ2) is 5.89. The van der Waals surface area contributed by atoms with Crippen molar-refractivity contribution in [3.63, 3.8) is 0 Å². The Bertz CT molecular complexity index is 786. The minimum Gasteiger partial charge on any atom is -0.321 e. The summed E-state index contributed by atoms with van der Waals surface area (Å²) >= 11 is 5.74. The molecule has 0 radical (unpaired) electrons. The molecule has 0 aliphatic carbocycles. The van der Waals surface area contributed by atoms with E-state index in [1.165, 1.54) is 12.1 Å². The van der Waals surface area contributed by atoms with Crippen LogP contribution < -0.4 is 5.32 Å².